The third kappa shape index (κ3) is 4.23. The summed E-state index contributed by atoms with van der Waals surface area (Å²) >= 11 is 3.06. The molecule has 148 valence electrons. The maximum absolute atomic E-state index is 12.7. The predicted molar refractivity (Wildman–Crippen MR) is 122 cm³/mol. The van der Waals surface area contributed by atoms with Crippen LogP contribution in [0.5, 0.6) is 0 Å². The van der Waals surface area contributed by atoms with Gasteiger partial charge < -0.3 is 5.32 Å². The van der Waals surface area contributed by atoms with Crippen molar-refractivity contribution in [1.82, 2.24) is 0 Å². The molecule has 1 N–H and O–H groups in total. The third-order valence-corrected chi connectivity index (χ3v) is 6.92. The first kappa shape index (κ1) is 19.7. The Balaban J connectivity index is 1.56. The fourth-order valence-corrected chi connectivity index (χ4v) is 5.28. The van der Waals surface area contributed by atoms with Crippen LogP contribution in [-0.2, 0) is 11.2 Å². The standard InChI is InChI=1S/C23H22N2O2S2/c1-2-6-16-7-3-4-8-19(16)25-21(26)15-29-23(25)17-10-12-18(13-11-17)24-22(27)20-9-5-14-28-20/h3-5,7-14,23H,2,6,15H2,1H3,(H,24,27)/t23-/m1/s1. The number of carbonyl (C=O) groups excluding carboxylic acids is 2. The highest BCUT2D eigenvalue weighted by Crippen LogP contribution is 2.43. The summed E-state index contributed by atoms with van der Waals surface area (Å²) < 4.78 is 0. The predicted octanol–water partition coefficient (Wildman–Crippen LogP) is 5.73. The zero-order valence-electron chi connectivity index (χ0n) is 16.1. The van der Waals surface area contributed by atoms with E-state index in [1.807, 2.05) is 58.8 Å². The second-order valence-corrected chi connectivity index (χ2v) is 8.88. The van der Waals surface area contributed by atoms with Crippen molar-refractivity contribution in [3.63, 3.8) is 0 Å². The molecule has 1 aromatic heterocycles. The molecule has 0 aliphatic carbocycles. The van der Waals surface area contributed by atoms with Crippen LogP contribution in [0, 0.1) is 0 Å². The van der Waals surface area contributed by atoms with Crippen LogP contribution < -0.4 is 10.2 Å². The lowest BCUT2D eigenvalue weighted by Crippen LogP contribution is -2.28. The Morgan fingerprint density at radius 1 is 1.10 bits per heavy atom. The van der Waals surface area contributed by atoms with Gasteiger partial charge in [-0.25, -0.2) is 0 Å². The van der Waals surface area contributed by atoms with Gasteiger partial charge in [0.2, 0.25) is 5.91 Å². The van der Waals surface area contributed by atoms with E-state index in [1.54, 1.807) is 17.8 Å². The Kier molecular flexibility index (Phi) is 6.02. The Morgan fingerprint density at radius 2 is 1.90 bits per heavy atom. The van der Waals surface area contributed by atoms with E-state index in [9.17, 15) is 9.59 Å². The topological polar surface area (TPSA) is 49.4 Å². The highest BCUT2D eigenvalue weighted by atomic mass is 32.2. The van der Waals surface area contributed by atoms with E-state index in [2.05, 4.69) is 18.3 Å². The first-order valence-corrected chi connectivity index (χ1v) is 11.6. The van der Waals surface area contributed by atoms with E-state index in [1.165, 1.54) is 16.9 Å². The molecular formula is C23H22N2O2S2. The highest BCUT2D eigenvalue weighted by molar-refractivity contribution is 8.00. The molecule has 1 aliphatic heterocycles. The summed E-state index contributed by atoms with van der Waals surface area (Å²) in [4.78, 5) is 27.6. The highest BCUT2D eigenvalue weighted by Gasteiger charge is 2.34. The minimum atomic E-state index is -0.103. The van der Waals surface area contributed by atoms with E-state index in [-0.39, 0.29) is 17.2 Å². The van der Waals surface area contributed by atoms with E-state index in [0.29, 0.717) is 10.6 Å². The molecule has 0 radical (unpaired) electrons. The van der Waals surface area contributed by atoms with E-state index in [0.717, 1.165) is 29.8 Å². The van der Waals surface area contributed by atoms with Crippen molar-refractivity contribution in [2.45, 2.75) is 25.1 Å². The number of rotatable bonds is 6. The molecule has 1 atom stereocenters. The van der Waals surface area contributed by atoms with Crippen molar-refractivity contribution in [3.8, 4) is 0 Å². The summed E-state index contributed by atoms with van der Waals surface area (Å²) in [6, 6.07) is 19.6. The molecule has 1 saturated heterocycles. The molecule has 29 heavy (non-hydrogen) atoms. The van der Waals surface area contributed by atoms with Gasteiger partial charge in [-0.3, -0.25) is 14.5 Å². The normalized spacial score (nSPS) is 16.2. The van der Waals surface area contributed by atoms with Crippen LogP contribution in [0.2, 0.25) is 0 Å². The second-order valence-electron chi connectivity index (χ2n) is 6.86. The molecular weight excluding hydrogens is 400 g/mol. The molecule has 1 fully saturated rings. The lowest BCUT2D eigenvalue weighted by molar-refractivity contribution is -0.115. The number of para-hydroxylation sites is 1. The molecule has 0 saturated carbocycles. The van der Waals surface area contributed by atoms with Gasteiger partial charge in [-0.05, 0) is 47.2 Å². The molecule has 3 aromatic rings. The summed E-state index contributed by atoms with van der Waals surface area (Å²) in [5.41, 5.74) is 4.01. The van der Waals surface area contributed by atoms with E-state index >= 15 is 0 Å². The number of hydrogen-bond acceptors (Lipinski definition) is 4. The van der Waals surface area contributed by atoms with E-state index < -0.39 is 0 Å². The molecule has 0 unspecified atom stereocenters. The zero-order chi connectivity index (χ0) is 20.2. The van der Waals surface area contributed by atoms with Crippen molar-refractivity contribution >= 4 is 46.3 Å². The van der Waals surface area contributed by atoms with Crippen LogP contribution in [0.4, 0.5) is 11.4 Å². The maximum Gasteiger partial charge on any atom is 0.265 e. The first-order valence-electron chi connectivity index (χ1n) is 9.63. The fourth-order valence-electron chi connectivity index (χ4n) is 3.49. The van der Waals surface area contributed by atoms with Crippen molar-refractivity contribution in [1.29, 1.82) is 0 Å². The van der Waals surface area contributed by atoms with Gasteiger partial charge in [-0.15, -0.1) is 23.1 Å². The number of thiophene rings is 1. The number of amides is 2. The van der Waals surface area contributed by atoms with Gasteiger partial charge in [-0.1, -0.05) is 49.7 Å². The quantitative estimate of drug-likeness (QED) is 0.552. The molecule has 1 aliphatic rings. The van der Waals surface area contributed by atoms with Gasteiger partial charge in [0.25, 0.3) is 5.91 Å². The Bertz CT molecular complexity index is 1000. The Morgan fingerprint density at radius 3 is 2.62 bits per heavy atom. The molecule has 2 aromatic carbocycles. The average Bonchev–Trinajstić information content (AvgIpc) is 3.40. The summed E-state index contributed by atoms with van der Waals surface area (Å²) in [5, 5.41) is 4.76. The lowest BCUT2D eigenvalue weighted by atomic mass is 10.1. The molecule has 4 rings (SSSR count). The van der Waals surface area contributed by atoms with Crippen molar-refractivity contribution < 1.29 is 9.59 Å². The molecule has 0 bridgehead atoms. The number of nitrogens with one attached hydrogen (secondary N) is 1. The SMILES string of the molecule is CCCc1ccccc1N1C(=O)CS[C@@H]1c1ccc(NC(=O)c2cccs2)cc1. The van der Waals surface area contributed by atoms with Crippen LogP contribution in [0.25, 0.3) is 0 Å². The summed E-state index contributed by atoms with van der Waals surface area (Å²) in [6.45, 7) is 2.15. The summed E-state index contributed by atoms with van der Waals surface area (Å²) in [7, 11) is 0. The van der Waals surface area contributed by atoms with Gasteiger partial charge in [0.15, 0.2) is 0 Å². The minimum absolute atomic E-state index is 0.0532. The third-order valence-electron chi connectivity index (χ3n) is 4.84. The number of anilines is 2. The van der Waals surface area contributed by atoms with Crippen LogP contribution in [0.1, 0.15) is 39.5 Å². The summed E-state index contributed by atoms with van der Waals surface area (Å²) in [6.07, 6.45) is 1.99. The minimum Gasteiger partial charge on any atom is -0.321 e. The maximum atomic E-state index is 12.7. The van der Waals surface area contributed by atoms with Gasteiger partial charge >= 0.3 is 0 Å². The van der Waals surface area contributed by atoms with Gasteiger partial charge in [0.05, 0.1) is 10.6 Å². The molecule has 6 heteroatoms. The fraction of sp³-hybridized carbons (Fsp3) is 0.217. The Hall–Kier alpha value is -2.57. The molecule has 0 spiro atoms. The number of aryl methyl sites for hydroxylation is 1. The summed E-state index contributed by atoms with van der Waals surface area (Å²) in [5.74, 6) is 0.508. The van der Waals surface area contributed by atoms with Crippen molar-refractivity contribution in [3.05, 3.63) is 82.0 Å². The first-order chi connectivity index (χ1) is 14.2. The number of thioether (sulfide) groups is 1. The zero-order valence-corrected chi connectivity index (χ0v) is 17.8. The molecule has 4 nitrogen and oxygen atoms in total. The van der Waals surface area contributed by atoms with Crippen molar-refractivity contribution in [2.75, 3.05) is 16.0 Å². The number of benzene rings is 2. The number of carbonyl (C=O) groups is 2. The van der Waals surface area contributed by atoms with Gasteiger partial charge in [-0.2, -0.15) is 0 Å². The van der Waals surface area contributed by atoms with Gasteiger partial charge in [0, 0.05) is 11.4 Å². The molecule has 2 heterocycles. The van der Waals surface area contributed by atoms with Gasteiger partial charge in [0.1, 0.15) is 5.37 Å². The lowest BCUT2D eigenvalue weighted by Gasteiger charge is -2.26. The van der Waals surface area contributed by atoms with E-state index in [4.69, 9.17) is 0 Å². The average molecular weight is 423 g/mol. The monoisotopic (exact) mass is 422 g/mol. The smallest absolute Gasteiger partial charge is 0.265 e. The molecule has 2 amide bonds. The number of hydrogen-bond donors (Lipinski definition) is 1. The van der Waals surface area contributed by atoms with Crippen LogP contribution >= 0.6 is 23.1 Å². The second kappa shape index (κ2) is 8.84. The van der Waals surface area contributed by atoms with Crippen LogP contribution in [0.15, 0.2) is 66.0 Å². The number of nitrogens with zero attached hydrogens (tertiary/aromatic N) is 1. The Labute approximate surface area is 178 Å². The van der Waals surface area contributed by atoms with Crippen LogP contribution in [0.3, 0.4) is 0 Å². The van der Waals surface area contributed by atoms with Crippen molar-refractivity contribution in [2.24, 2.45) is 0 Å². The largest absolute Gasteiger partial charge is 0.321 e. The van der Waals surface area contributed by atoms with Crippen LogP contribution in [-0.4, -0.2) is 17.6 Å².